The molecule has 0 fully saturated rings. The molecule has 0 saturated carbocycles. The van der Waals surface area contributed by atoms with E-state index in [9.17, 15) is 4.79 Å². The van der Waals surface area contributed by atoms with Gasteiger partial charge in [-0.25, -0.2) is 4.79 Å². The van der Waals surface area contributed by atoms with Crippen molar-refractivity contribution in [3.05, 3.63) is 12.2 Å². The van der Waals surface area contributed by atoms with Gasteiger partial charge < -0.3 is 4.74 Å². The minimum Gasteiger partial charge on any atom is -0.463 e. The van der Waals surface area contributed by atoms with Crippen molar-refractivity contribution in [2.75, 3.05) is 6.61 Å². The van der Waals surface area contributed by atoms with Crippen LogP contribution in [0.15, 0.2) is 12.2 Å². The summed E-state index contributed by atoms with van der Waals surface area (Å²) >= 11 is 0. The number of hydrogen-bond donors (Lipinski definition) is 0. The zero-order valence-electron chi connectivity index (χ0n) is 11.8. The lowest BCUT2D eigenvalue weighted by molar-refractivity contribution is -0.139. The van der Waals surface area contributed by atoms with Crippen LogP contribution in [0.2, 0.25) is 0 Å². The van der Waals surface area contributed by atoms with Crippen LogP contribution in [-0.2, 0) is 9.53 Å². The van der Waals surface area contributed by atoms with E-state index in [0.717, 1.165) is 12.8 Å². The highest BCUT2D eigenvalue weighted by atomic mass is 16.5. The molecule has 1 atom stereocenters. The van der Waals surface area contributed by atoms with E-state index in [1.807, 2.05) is 6.92 Å². The van der Waals surface area contributed by atoms with Gasteiger partial charge in [0.2, 0.25) is 0 Å². The highest BCUT2D eigenvalue weighted by Gasteiger charge is 2.17. The predicted octanol–water partition coefficient (Wildman–Crippen LogP) is 4.49. The van der Waals surface area contributed by atoms with Crippen LogP contribution in [0.4, 0.5) is 0 Å². The minimum atomic E-state index is -0.215. The third-order valence-corrected chi connectivity index (χ3v) is 3.18. The zero-order chi connectivity index (χ0) is 13.1. The number of carbonyl (C=O) groups is 1. The Balaban J connectivity index is 3.89. The van der Waals surface area contributed by atoms with Crippen LogP contribution >= 0.6 is 0 Å². The van der Waals surface area contributed by atoms with Gasteiger partial charge in [-0.3, -0.25) is 0 Å². The maximum atomic E-state index is 11.6. The van der Waals surface area contributed by atoms with Crippen LogP contribution in [0, 0.1) is 5.92 Å². The number of esters is 1. The molecule has 0 aliphatic rings. The van der Waals surface area contributed by atoms with E-state index in [-0.39, 0.29) is 5.97 Å². The van der Waals surface area contributed by atoms with Gasteiger partial charge in [-0.05, 0) is 25.7 Å². The lowest BCUT2D eigenvalue weighted by atomic mass is 9.91. The Morgan fingerprint density at radius 1 is 1.12 bits per heavy atom. The third kappa shape index (κ3) is 7.19. The molecular weight excluding hydrogens is 212 g/mol. The number of unbranched alkanes of at least 4 members (excludes halogenated alkanes) is 4. The molecule has 0 aliphatic carbocycles. The molecule has 0 aliphatic heterocycles. The van der Waals surface area contributed by atoms with Gasteiger partial charge in [-0.1, -0.05) is 52.5 Å². The van der Waals surface area contributed by atoms with Crippen molar-refractivity contribution in [3.8, 4) is 0 Å². The van der Waals surface area contributed by atoms with E-state index in [0.29, 0.717) is 18.1 Å². The second kappa shape index (κ2) is 10.4. The Morgan fingerprint density at radius 2 is 1.76 bits per heavy atom. The lowest BCUT2D eigenvalue weighted by Crippen LogP contribution is -2.14. The van der Waals surface area contributed by atoms with Crippen molar-refractivity contribution in [2.24, 2.45) is 5.92 Å². The van der Waals surface area contributed by atoms with E-state index >= 15 is 0 Å². The van der Waals surface area contributed by atoms with Crippen LogP contribution in [0.5, 0.6) is 0 Å². The molecule has 100 valence electrons. The molecule has 2 nitrogen and oxygen atoms in total. The average Bonchev–Trinajstić information content (AvgIpc) is 2.33. The maximum absolute atomic E-state index is 11.6. The van der Waals surface area contributed by atoms with Crippen LogP contribution in [0.1, 0.15) is 65.7 Å². The first-order chi connectivity index (χ1) is 8.17. The van der Waals surface area contributed by atoms with Crippen molar-refractivity contribution < 1.29 is 9.53 Å². The quantitative estimate of drug-likeness (QED) is 0.319. The molecule has 0 bridgehead atoms. The van der Waals surface area contributed by atoms with Crippen molar-refractivity contribution in [1.29, 1.82) is 0 Å². The van der Waals surface area contributed by atoms with Crippen molar-refractivity contribution in [2.45, 2.75) is 65.7 Å². The van der Waals surface area contributed by atoms with Gasteiger partial charge in [0.15, 0.2) is 0 Å². The summed E-state index contributed by atoms with van der Waals surface area (Å²) in [6, 6.07) is 0. The minimum absolute atomic E-state index is 0.215. The molecule has 0 N–H and O–H groups in total. The molecule has 17 heavy (non-hydrogen) atoms. The van der Waals surface area contributed by atoms with E-state index in [1.165, 1.54) is 32.1 Å². The highest BCUT2D eigenvalue weighted by Crippen LogP contribution is 2.22. The van der Waals surface area contributed by atoms with Crippen molar-refractivity contribution >= 4 is 5.97 Å². The zero-order valence-corrected chi connectivity index (χ0v) is 11.8. The first-order valence-electron chi connectivity index (χ1n) is 7.03. The van der Waals surface area contributed by atoms with Gasteiger partial charge in [-0.2, -0.15) is 0 Å². The summed E-state index contributed by atoms with van der Waals surface area (Å²) in [5.41, 5.74) is 0.657. The Hall–Kier alpha value is -0.790. The van der Waals surface area contributed by atoms with Gasteiger partial charge in [0.05, 0.1) is 6.61 Å². The molecule has 0 heterocycles. The predicted molar refractivity (Wildman–Crippen MR) is 72.9 cm³/mol. The van der Waals surface area contributed by atoms with Crippen LogP contribution in [0.3, 0.4) is 0 Å². The number of hydrogen-bond acceptors (Lipinski definition) is 2. The summed E-state index contributed by atoms with van der Waals surface area (Å²) < 4.78 is 4.99. The first-order valence-corrected chi connectivity index (χ1v) is 7.03. The van der Waals surface area contributed by atoms with Crippen LogP contribution in [0.25, 0.3) is 0 Å². The highest BCUT2D eigenvalue weighted by molar-refractivity contribution is 5.88. The van der Waals surface area contributed by atoms with Crippen LogP contribution < -0.4 is 0 Å². The monoisotopic (exact) mass is 240 g/mol. The summed E-state index contributed by atoms with van der Waals surface area (Å²) in [5, 5.41) is 0. The molecule has 0 spiro atoms. The topological polar surface area (TPSA) is 26.3 Å². The molecule has 0 aromatic carbocycles. The Labute approximate surface area is 106 Å². The summed E-state index contributed by atoms with van der Waals surface area (Å²) in [6.45, 7) is 10.5. The molecule has 0 aromatic rings. The van der Waals surface area contributed by atoms with E-state index in [2.05, 4.69) is 20.4 Å². The fourth-order valence-electron chi connectivity index (χ4n) is 2.01. The number of carbonyl (C=O) groups excluding carboxylic acids is 1. The van der Waals surface area contributed by atoms with Crippen LogP contribution in [-0.4, -0.2) is 12.6 Å². The average molecular weight is 240 g/mol. The van der Waals surface area contributed by atoms with E-state index < -0.39 is 0 Å². The molecule has 1 unspecified atom stereocenters. The second-order valence-corrected chi connectivity index (χ2v) is 4.55. The summed E-state index contributed by atoms with van der Waals surface area (Å²) in [4.78, 5) is 11.6. The molecule has 0 aromatic heterocycles. The molecular formula is C15H28O2. The maximum Gasteiger partial charge on any atom is 0.333 e. The summed E-state index contributed by atoms with van der Waals surface area (Å²) in [7, 11) is 0. The molecule has 0 amide bonds. The second-order valence-electron chi connectivity index (χ2n) is 4.55. The van der Waals surface area contributed by atoms with Crippen molar-refractivity contribution in [1.82, 2.24) is 0 Å². The summed E-state index contributed by atoms with van der Waals surface area (Å²) in [5.74, 6) is 0.0867. The van der Waals surface area contributed by atoms with Gasteiger partial charge >= 0.3 is 5.97 Å². The Morgan fingerprint density at radius 3 is 2.29 bits per heavy atom. The Bertz CT molecular complexity index is 221. The number of rotatable bonds is 10. The Kier molecular flexibility index (Phi) is 9.89. The van der Waals surface area contributed by atoms with Crippen molar-refractivity contribution in [3.63, 3.8) is 0 Å². The van der Waals surface area contributed by atoms with E-state index in [1.54, 1.807) is 0 Å². The molecule has 0 saturated heterocycles. The van der Waals surface area contributed by atoms with Gasteiger partial charge in [-0.15, -0.1) is 0 Å². The standard InChI is InChI=1S/C15H28O2/c1-5-8-9-10-11-12-14(6-2)13(4)15(16)17-7-3/h14H,4-12H2,1-3H3. The normalized spacial score (nSPS) is 12.2. The molecule has 0 radical (unpaired) electrons. The van der Waals surface area contributed by atoms with Gasteiger partial charge in [0.1, 0.15) is 0 Å². The smallest absolute Gasteiger partial charge is 0.333 e. The lowest BCUT2D eigenvalue weighted by Gasteiger charge is -2.16. The molecule has 2 heteroatoms. The first kappa shape index (κ1) is 16.2. The van der Waals surface area contributed by atoms with Gasteiger partial charge in [0, 0.05) is 5.57 Å². The number of ether oxygens (including phenoxy) is 1. The third-order valence-electron chi connectivity index (χ3n) is 3.18. The SMILES string of the molecule is C=C(C(=O)OCC)C(CC)CCCCCCC. The largest absolute Gasteiger partial charge is 0.463 e. The van der Waals surface area contributed by atoms with Gasteiger partial charge in [0.25, 0.3) is 0 Å². The van der Waals surface area contributed by atoms with E-state index in [4.69, 9.17) is 4.74 Å². The molecule has 0 rings (SSSR count). The fraction of sp³-hybridized carbons (Fsp3) is 0.800. The summed E-state index contributed by atoms with van der Waals surface area (Å²) in [6.07, 6.45) is 8.39. The fourth-order valence-corrected chi connectivity index (χ4v) is 2.01.